The van der Waals surface area contributed by atoms with Crippen LogP contribution < -0.4 is 5.73 Å². The van der Waals surface area contributed by atoms with Gasteiger partial charge in [0.2, 0.25) is 0 Å². The second kappa shape index (κ2) is 7.79. The summed E-state index contributed by atoms with van der Waals surface area (Å²) in [6.07, 6.45) is 2.15. The first-order valence-corrected chi connectivity index (χ1v) is 8.11. The van der Waals surface area contributed by atoms with Crippen molar-refractivity contribution in [2.75, 3.05) is 12.3 Å². The highest BCUT2D eigenvalue weighted by atomic mass is 35.5. The average Bonchev–Trinajstić information content (AvgIpc) is 3.27. The van der Waals surface area contributed by atoms with Crippen molar-refractivity contribution in [1.29, 1.82) is 0 Å². The molecule has 0 amide bonds. The molecule has 3 aromatic rings. The van der Waals surface area contributed by atoms with Gasteiger partial charge in [0.25, 0.3) is 5.95 Å². The molecular weight excluding hydrogens is 360 g/mol. The summed E-state index contributed by atoms with van der Waals surface area (Å²) < 4.78 is 10.8. The molecule has 0 fully saturated rings. The third-order valence-electron chi connectivity index (χ3n) is 3.31. The Kier molecular flexibility index (Phi) is 5.28. The number of carbonyl (C=O) groups is 1. The SMILES string of the molecule is CCCOC(=O)c1cc(-c2ccc(C=Nn3nnnc3N)o2)ccc1Cl. The molecule has 10 heteroatoms. The Balaban J connectivity index is 1.82. The van der Waals surface area contributed by atoms with E-state index in [1.807, 2.05) is 6.92 Å². The van der Waals surface area contributed by atoms with Gasteiger partial charge in [0, 0.05) is 5.56 Å². The van der Waals surface area contributed by atoms with Crippen LogP contribution in [0.3, 0.4) is 0 Å². The predicted molar refractivity (Wildman–Crippen MR) is 94.9 cm³/mol. The normalized spacial score (nSPS) is 11.2. The van der Waals surface area contributed by atoms with Crippen LogP contribution in [-0.2, 0) is 4.74 Å². The van der Waals surface area contributed by atoms with Gasteiger partial charge in [0.05, 0.1) is 23.4 Å². The van der Waals surface area contributed by atoms with Crippen LogP contribution in [0.15, 0.2) is 39.9 Å². The Morgan fingerprint density at radius 1 is 1.42 bits per heavy atom. The van der Waals surface area contributed by atoms with E-state index in [1.165, 1.54) is 6.21 Å². The van der Waals surface area contributed by atoms with E-state index < -0.39 is 5.97 Å². The number of aromatic nitrogens is 4. The fraction of sp³-hybridized carbons (Fsp3) is 0.188. The van der Waals surface area contributed by atoms with Crippen LogP contribution >= 0.6 is 11.6 Å². The highest BCUT2D eigenvalue weighted by Crippen LogP contribution is 2.27. The lowest BCUT2D eigenvalue weighted by atomic mass is 10.1. The van der Waals surface area contributed by atoms with Gasteiger partial charge in [-0.3, -0.25) is 0 Å². The molecule has 0 saturated carbocycles. The largest absolute Gasteiger partial charge is 0.462 e. The molecule has 0 atom stereocenters. The molecule has 0 spiro atoms. The Morgan fingerprint density at radius 2 is 2.27 bits per heavy atom. The first-order chi connectivity index (χ1) is 12.6. The molecule has 0 bridgehead atoms. The van der Waals surface area contributed by atoms with Crippen molar-refractivity contribution in [2.24, 2.45) is 5.10 Å². The summed E-state index contributed by atoms with van der Waals surface area (Å²) in [5, 5.41) is 14.8. The number of rotatable bonds is 6. The minimum atomic E-state index is -0.471. The zero-order valence-electron chi connectivity index (χ0n) is 13.8. The number of carbonyl (C=O) groups excluding carboxylic acids is 1. The molecule has 0 aliphatic heterocycles. The molecule has 2 aromatic heterocycles. The van der Waals surface area contributed by atoms with Crippen LogP contribution in [0.4, 0.5) is 5.95 Å². The number of anilines is 1. The Hall–Kier alpha value is -3.20. The molecule has 0 aliphatic rings. The maximum absolute atomic E-state index is 12.1. The lowest BCUT2D eigenvalue weighted by molar-refractivity contribution is 0.0505. The number of hydrogen-bond acceptors (Lipinski definition) is 8. The monoisotopic (exact) mass is 374 g/mol. The number of hydrogen-bond donors (Lipinski definition) is 1. The minimum Gasteiger partial charge on any atom is -0.462 e. The van der Waals surface area contributed by atoms with Crippen molar-refractivity contribution in [3.05, 3.63) is 46.7 Å². The van der Waals surface area contributed by atoms with E-state index in [9.17, 15) is 4.79 Å². The zero-order chi connectivity index (χ0) is 18.5. The van der Waals surface area contributed by atoms with E-state index in [0.29, 0.717) is 28.7 Å². The lowest BCUT2D eigenvalue weighted by Gasteiger charge is -2.06. The lowest BCUT2D eigenvalue weighted by Crippen LogP contribution is -2.06. The fourth-order valence-corrected chi connectivity index (χ4v) is 2.26. The summed E-state index contributed by atoms with van der Waals surface area (Å²) in [5.74, 6) is 0.583. The summed E-state index contributed by atoms with van der Waals surface area (Å²) in [6.45, 7) is 2.25. The second-order valence-corrected chi connectivity index (χ2v) is 5.61. The Labute approximate surface area is 153 Å². The second-order valence-electron chi connectivity index (χ2n) is 5.20. The van der Waals surface area contributed by atoms with Gasteiger partial charge in [-0.15, -0.1) is 0 Å². The number of nitrogens with two attached hydrogens (primary N) is 1. The Bertz CT molecular complexity index is 949. The van der Waals surface area contributed by atoms with Crippen LogP contribution in [0.5, 0.6) is 0 Å². The number of nitrogen functional groups attached to an aromatic ring is 1. The number of halogens is 1. The fourth-order valence-electron chi connectivity index (χ4n) is 2.07. The van der Waals surface area contributed by atoms with Gasteiger partial charge in [-0.2, -0.15) is 5.10 Å². The number of ether oxygens (including phenoxy) is 1. The minimum absolute atomic E-state index is 0.0564. The standard InChI is InChI=1S/C16H15ClN6O3/c1-2-7-25-15(24)12-8-10(3-5-13(12)17)14-6-4-11(26-14)9-19-23-16(18)20-21-22-23/h3-6,8-9H,2,7H2,1H3,(H2,18,20,22). The summed E-state index contributed by atoms with van der Waals surface area (Å²) in [4.78, 5) is 13.1. The predicted octanol–water partition coefficient (Wildman–Crippen LogP) is 2.62. The van der Waals surface area contributed by atoms with Gasteiger partial charge in [0.15, 0.2) is 0 Å². The average molecular weight is 375 g/mol. The molecule has 0 aliphatic carbocycles. The van der Waals surface area contributed by atoms with Crippen LogP contribution in [0.2, 0.25) is 5.02 Å². The van der Waals surface area contributed by atoms with Crippen LogP contribution in [-0.4, -0.2) is 39.1 Å². The highest BCUT2D eigenvalue weighted by Gasteiger charge is 2.14. The number of esters is 1. The summed E-state index contributed by atoms with van der Waals surface area (Å²) >= 11 is 6.10. The van der Waals surface area contributed by atoms with Crippen LogP contribution in [0, 0.1) is 0 Å². The van der Waals surface area contributed by atoms with Crippen LogP contribution in [0.1, 0.15) is 29.5 Å². The molecule has 0 radical (unpaired) electrons. The van der Waals surface area contributed by atoms with Gasteiger partial charge in [-0.1, -0.05) is 28.4 Å². The van der Waals surface area contributed by atoms with Crippen molar-refractivity contribution >= 4 is 29.7 Å². The smallest absolute Gasteiger partial charge is 0.339 e. The van der Waals surface area contributed by atoms with E-state index in [-0.39, 0.29) is 11.5 Å². The first kappa shape index (κ1) is 17.6. The van der Waals surface area contributed by atoms with Crippen LogP contribution in [0.25, 0.3) is 11.3 Å². The summed E-state index contributed by atoms with van der Waals surface area (Å²) in [7, 11) is 0. The van der Waals surface area contributed by atoms with Crippen molar-refractivity contribution in [1.82, 2.24) is 20.3 Å². The molecule has 0 saturated heterocycles. The van der Waals surface area contributed by atoms with E-state index in [4.69, 9.17) is 26.5 Å². The quantitative estimate of drug-likeness (QED) is 0.519. The molecular formula is C16H15ClN6O3. The molecule has 2 heterocycles. The number of furan rings is 1. The molecule has 26 heavy (non-hydrogen) atoms. The zero-order valence-corrected chi connectivity index (χ0v) is 14.6. The molecule has 134 valence electrons. The maximum atomic E-state index is 12.1. The summed E-state index contributed by atoms with van der Waals surface area (Å²) in [6, 6.07) is 8.45. The molecule has 3 rings (SSSR count). The van der Waals surface area contributed by atoms with Crippen molar-refractivity contribution in [3.8, 4) is 11.3 Å². The number of nitrogens with zero attached hydrogens (tertiary/aromatic N) is 5. The Morgan fingerprint density at radius 3 is 3.00 bits per heavy atom. The van der Waals surface area contributed by atoms with Gasteiger partial charge in [0.1, 0.15) is 11.5 Å². The molecule has 9 nitrogen and oxygen atoms in total. The van der Waals surface area contributed by atoms with Gasteiger partial charge in [-0.25, -0.2) is 4.79 Å². The molecule has 0 unspecified atom stereocenters. The van der Waals surface area contributed by atoms with Gasteiger partial charge in [-0.05, 0) is 47.2 Å². The molecule has 2 N–H and O–H groups in total. The van der Waals surface area contributed by atoms with Crippen molar-refractivity contribution < 1.29 is 13.9 Å². The van der Waals surface area contributed by atoms with E-state index in [0.717, 1.165) is 11.2 Å². The van der Waals surface area contributed by atoms with Gasteiger partial charge < -0.3 is 14.9 Å². The number of benzene rings is 1. The van der Waals surface area contributed by atoms with E-state index in [1.54, 1.807) is 30.3 Å². The van der Waals surface area contributed by atoms with Crippen molar-refractivity contribution in [3.63, 3.8) is 0 Å². The molecule has 1 aromatic carbocycles. The van der Waals surface area contributed by atoms with Crippen molar-refractivity contribution in [2.45, 2.75) is 13.3 Å². The third kappa shape index (κ3) is 3.89. The first-order valence-electron chi connectivity index (χ1n) is 7.73. The topological polar surface area (TPSA) is 121 Å². The van der Waals surface area contributed by atoms with Gasteiger partial charge >= 0.3 is 5.97 Å². The van der Waals surface area contributed by atoms with E-state index >= 15 is 0 Å². The maximum Gasteiger partial charge on any atom is 0.339 e. The van der Waals surface area contributed by atoms with E-state index in [2.05, 4.69) is 20.6 Å². The third-order valence-corrected chi connectivity index (χ3v) is 3.64. The number of tetrazole rings is 1. The highest BCUT2D eigenvalue weighted by molar-refractivity contribution is 6.33. The summed E-state index contributed by atoms with van der Waals surface area (Å²) in [5.41, 5.74) is 6.48.